The molecule has 4 aromatic heterocycles. The van der Waals surface area contributed by atoms with Gasteiger partial charge in [-0.3, -0.25) is 4.79 Å². The van der Waals surface area contributed by atoms with Crippen LogP contribution in [0.15, 0.2) is 36.8 Å². The molecule has 0 amide bonds. The molecule has 186 valence electrons. The Bertz CT molecular complexity index is 1440. The standard InChI is InChI=1S/C24H22F3N7O2/c25-13-7-14-15(10-29-21(14)28-9-13)22-30-17(16-5-6-34(33-16)24(26)27)8-18(32-22)31-20-12-3-1-11(2-4-12)19(20)23(35)36/h5-12,19-20,24H,1-4H2,(H,28,29)(H,35,36)(H,30,31,32)/t11?,12?,19-,20-/m0/s1. The molecule has 0 unspecified atom stereocenters. The zero-order chi connectivity index (χ0) is 25.0. The van der Waals surface area contributed by atoms with E-state index in [-0.39, 0.29) is 35.1 Å². The van der Waals surface area contributed by atoms with Gasteiger partial charge >= 0.3 is 12.5 Å². The van der Waals surface area contributed by atoms with Gasteiger partial charge in [0.25, 0.3) is 0 Å². The van der Waals surface area contributed by atoms with Crippen LogP contribution in [0.3, 0.4) is 0 Å². The van der Waals surface area contributed by atoms with Crippen molar-refractivity contribution < 1.29 is 23.1 Å². The average Bonchev–Trinajstić information content (AvgIpc) is 3.52. The van der Waals surface area contributed by atoms with Crippen molar-refractivity contribution in [1.82, 2.24) is 29.7 Å². The molecule has 0 aliphatic heterocycles. The number of aromatic amines is 1. The lowest BCUT2D eigenvalue weighted by molar-refractivity contribution is -0.148. The maximum absolute atomic E-state index is 14.0. The van der Waals surface area contributed by atoms with Gasteiger partial charge in [0.15, 0.2) is 5.82 Å². The second-order valence-corrected chi connectivity index (χ2v) is 9.38. The lowest BCUT2D eigenvalue weighted by Gasteiger charge is -2.47. The summed E-state index contributed by atoms with van der Waals surface area (Å²) in [5, 5.41) is 17.7. The van der Waals surface area contributed by atoms with E-state index >= 15 is 0 Å². The highest BCUT2D eigenvalue weighted by Gasteiger charge is 2.47. The zero-order valence-electron chi connectivity index (χ0n) is 18.9. The molecule has 0 aromatic carbocycles. The van der Waals surface area contributed by atoms with Crippen molar-refractivity contribution in [2.75, 3.05) is 5.32 Å². The molecule has 36 heavy (non-hydrogen) atoms. The number of carbonyl (C=O) groups is 1. The van der Waals surface area contributed by atoms with Gasteiger partial charge in [-0.1, -0.05) is 0 Å². The van der Waals surface area contributed by atoms with Gasteiger partial charge in [0.05, 0.1) is 17.8 Å². The number of nitrogens with one attached hydrogen (secondary N) is 2. The summed E-state index contributed by atoms with van der Waals surface area (Å²) in [6, 6.07) is 3.98. The number of pyridine rings is 1. The van der Waals surface area contributed by atoms with Crippen molar-refractivity contribution in [3.63, 3.8) is 0 Å². The van der Waals surface area contributed by atoms with E-state index in [0.717, 1.165) is 38.1 Å². The number of fused-ring (bicyclic) bond motifs is 4. The number of aliphatic carboxylic acids is 1. The summed E-state index contributed by atoms with van der Waals surface area (Å²) < 4.78 is 40.8. The molecule has 12 heteroatoms. The van der Waals surface area contributed by atoms with Gasteiger partial charge in [-0.25, -0.2) is 24.0 Å². The van der Waals surface area contributed by atoms with Crippen LogP contribution in [0, 0.1) is 23.6 Å². The third kappa shape index (κ3) is 3.86. The number of anilines is 1. The second kappa shape index (κ2) is 8.61. The highest BCUT2D eigenvalue weighted by molar-refractivity contribution is 5.92. The predicted molar refractivity (Wildman–Crippen MR) is 124 cm³/mol. The Kier molecular flexibility index (Phi) is 5.38. The number of alkyl halides is 2. The maximum atomic E-state index is 14.0. The lowest BCUT2D eigenvalue weighted by Crippen LogP contribution is -2.51. The Morgan fingerprint density at radius 2 is 1.92 bits per heavy atom. The molecule has 0 radical (unpaired) electrons. The summed E-state index contributed by atoms with van der Waals surface area (Å²) in [6.07, 6.45) is 7.49. The lowest BCUT2D eigenvalue weighted by atomic mass is 9.61. The van der Waals surface area contributed by atoms with Crippen LogP contribution in [0.4, 0.5) is 19.0 Å². The summed E-state index contributed by atoms with van der Waals surface area (Å²) in [7, 11) is 0. The van der Waals surface area contributed by atoms with Crippen LogP contribution in [-0.4, -0.2) is 46.8 Å². The van der Waals surface area contributed by atoms with Gasteiger partial charge in [0, 0.05) is 35.5 Å². The van der Waals surface area contributed by atoms with E-state index in [2.05, 4.69) is 30.4 Å². The minimum Gasteiger partial charge on any atom is -0.481 e. The molecule has 0 spiro atoms. The topological polar surface area (TPSA) is 122 Å². The molecule has 3 aliphatic rings. The fourth-order valence-electron chi connectivity index (χ4n) is 5.70. The number of carboxylic acid groups (broad SMARTS) is 1. The molecular formula is C24H22F3N7O2. The van der Waals surface area contributed by atoms with Gasteiger partial charge < -0.3 is 15.4 Å². The van der Waals surface area contributed by atoms with E-state index in [0.29, 0.717) is 27.1 Å². The second-order valence-electron chi connectivity index (χ2n) is 9.38. The number of hydrogen-bond donors (Lipinski definition) is 3. The summed E-state index contributed by atoms with van der Waals surface area (Å²) >= 11 is 0. The molecule has 3 saturated carbocycles. The quantitative estimate of drug-likeness (QED) is 0.352. The van der Waals surface area contributed by atoms with Crippen LogP contribution >= 0.6 is 0 Å². The largest absolute Gasteiger partial charge is 0.481 e. The molecular weight excluding hydrogens is 475 g/mol. The molecule has 3 aliphatic carbocycles. The van der Waals surface area contributed by atoms with Crippen LogP contribution in [0.1, 0.15) is 32.2 Å². The molecule has 2 bridgehead atoms. The first-order chi connectivity index (χ1) is 17.4. The molecule has 4 aromatic rings. The maximum Gasteiger partial charge on any atom is 0.333 e. The minimum absolute atomic E-state index is 0.0928. The third-order valence-electron chi connectivity index (χ3n) is 7.35. The van der Waals surface area contributed by atoms with Gasteiger partial charge in [-0.05, 0) is 49.7 Å². The number of halogens is 3. The van der Waals surface area contributed by atoms with Gasteiger partial charge in [0.1, 0.15) is 23.0 Å². The van der Waals surface area contributed by atoms with E-state index < -0.39 is 24.3 Å². The first-order valence-electron chi connectivity index (χ1n) is 11.7. The van der Waals surface area contributed by atoms with Crippen molar-refractivity contribution in [2.45, 2.75) is 38.3 Å². The normalized spacial score (nSPS) is 23.4. The third-order valence-corrected chi connectivity index (χ3v) is 7.35. The molecule has 7 rings (SSSR count). The number of nitrogens with zero attached hydrogens (tertiary/aromatic N) is 5. The van der Waals surface area contributed by atoms with Crippen molar-refractivity contribution in [1.29, 1.82) is 0 Å². The average molecular weight is 497 g/mol. The van der Waals surface area contributed by atoms with E-state index in [9.17, 15) is 23.1 Å². The Labute approximate surface area is 202 Å². The first kappa shape index (κ1) is 22.5. The van der Waals surface area contributed by atoms with Crippen LogP contribution in [-0.2, 0) is 4.79 Å². The van der Waals surface area contributed by atoms with E-state index in [1.807, 2.05) is 0 Å². The molecule has 4 heterocycles. The molecule has 0 saturated heterocycles. The SMILES string of the molecule is O=C(O)[C@H]1C2CCC(CC2)[C@@H]1Nc1cc(-c2ccn(C(F)F)n2)nc(-c2c[nH]c3ncc(F)cc23)n1. The van der Waals surface area contributed by atoms with Crippen molar-refractivity contribution in [3.05, 3.63) is 42.6 Å². The van der Waals surface area contributed by atoms with Gasteiger partial charge in [-0.2, -0.15) is 13.9 Å². The molecule has 9 nitrogen and oxygen atoms in total. The van der Waals surface area contributed by atoms with Crippen LogP contribution in [0.2, 0.25) is 0 Å². The Hall–Kier alpha value is -3.96. The molecule has 3 N–H and O–H groups in total. The van der Waals surface area contributed by atoms with E-state index in [4.69, 9.17) is 0 Å². The monoisotopic (exact) mass is 497 g/mol. The number of carboxylic acids is 1. The Morgan fingerprint density at radius 3 is 2.64 bits per heavy atom. The predicted octanol–water partition coefficient (Wildman–Crippen LogP) is 4.72. The zero-order valence-corrected chi connectivity index (χ0v) is 18.9. The summed E-state index contributed by atoms with van der Waals surface area (Å²) in [6.45, 7) is -2.81. The molecule has 3 fully saturated rings. The van der Waals surface area contributed by atoms with E-state index in [1.54, 1.807) is 12.3 Å². The number of aromatic nitrogens is 6. The van der Waals surface area contributed by atoms with Gasteiger partial charge in [0.2, 0.25) is 0 Å². The number of hydrogen-bond acceptors (Lipinski definition) is 6. The van der Waals surface area contributed by atoms with Gasteiger partial charge in [-0.15, -0.1) is 0 Å². The van der Waals surface area contributed by atoms with Crippen LogP contribution in [0.25, 0.3) is 33.8 Å². The fourth-order valence-corrected chi connectivity index (χ4v) is 5.70. The smallest absolute Gasteiger partial charge is 0.333 e. The van der Waals surface area contributed by atoms with Crippen LogP contribution in [0.5, 0.6) is 0 Å². The van der Waals surface area contributed by atoms with E-state index in [1.165, 1.54) is 12.1 Å². The number of H-pyrrole nitrogens is 1. The van der Waals surface area contributed by atoms with Crippen molar-refractivity contribution in [2.24, 2.45) is 17.8 Å². The van der Waals surface area contributed by atoms with Crippen molar-refractivity contribution >= 4 is 22.8 Å². The Morgan fingerprint density at radius 1 is 1.14 bits per heavy atom. The first-order valence-corrected chi connectivity index (χ1v) is 11.7. The summed E-state index contributed by atoms with van der Waals surface area (Å²) in [4.78, 5) is 28.3. The van der Waals surface area contributed by atoms with Crippen LogP contribution < -0.4 is 5.32 Å². The Balaban J connectivity index is 1.45. The van der Waals surface area contributed by atoms with Crippen molar-refractivity contribution in [3.8, 4) is 22.8 Å². The number of rotatable bonds is 6. The fraction of sp³-hybridized carbons (Fsp3) is 0.375. The minimum atomic E-state index is -2.81. The molecule has 2 atom stereocenters. The highest BCUT2D eigenvalue weighted by atomic mass is 19.3. The highest BCUT2D eigenvalue weighted by Crippen LogP contribution is 2.46. The summed E-state index contributed by atoms with van der Waals surface area (Å²) in [5.41, 5.74) is 1.38. The summed E-state index contributed by atoms with van der Waals surface area (Å²) in [5.74, 6) is -1.10.